The smallest absolute Gasteiger partial charge is 0.345 e. The molecule has 0 radical (unpaired) electrons. The summed E-state index contributed by atoms with van der Waals surface area (Å²) in [5, 5.41) is 11.8. The highest BCUT2D eigenvalue weighted by molar-refractivity contribution is 7.99. The third-order valence-corrected chi connectivity index (χ3v) is 5.81. The molecule has 1 aliphatic heterocycles. The predicted molar refractivity (Wildman–Crippen MR) is 84.3 cm³/mol. The normalized spacial score (nSPS) is 20.9. The average Bonchev–Trinajstić information content (AvgIpc) is 3.02. The van der Waals surface area contributed by atoms with E-state index in [1.54, 1.807) is 0 Å². The first kappa shape index (κ1) is 15.4. The van der Waals surface area contributed by atoms with Crippen LogP contribution in [0.2, 0.25) is 0 Å². The van der Waals surface area contributed by atoms with E-state index >= 15 is 0 Å². The molecule has 118 valence electrons. The average molecular weight is 340 g/mol. The van der Waals surface area contributed by atoms with E-state index in [4.69, 9.17) is 5.11 Å². The van der Waals surface area contributed by atoms with Gasteiger partial charge in [-0.1, -0.05) is 0 Å². The lowest BCUT2D eigenvalue weighted by atomic mass is 10.2. The Balaban J connectivity index is 1.66. The Morgan fingerprint density at radius 3 is 2.64 bits per heavy atom. The lowest BCUT2D eigenvalue weighted by Gasteiger charge is -2.22. The van der Waals surface area contributed by atoms with Crippen LogP contribution in [0.1, 0.15) is 32.2 Å². The molecule has 1 atom stereocenters. The van der Waals surface area contributed by atoms with E-state index in [2.05, 4.69) is 5.32 Å². The van der Waals surface area contributed by atoms with Crippen LogP contribution in [0.15, 0.2) is 12.1 Å². The number of thioether (sulfide) groups is 1. The minimum Gasteiger partial charge on any atom is -0.477 e. The van der Waals surface area contributed by atoms with Crippen molar-refractivity contribution in [2.45, 2.75) is 18.9 Å². The van der Waals surface area contributed by atoms with Crippen LogP contribution in [0.25, 0.3) is 0 Å². The summed E-state index contributed by atoms with van der Waals surface area (Å²) in [6, 6.07) is 2.47. The fraction of sp³-hybridized carbons (Fsp3) is 0.500. The summed E-state index contributed by atoms with van der Waals surface area (Å²) in [6.45, 7) is 0.685. The molecule has 1 aromatic heterocycles. The van der Waals surface area contributed by atoms with Crippen molar-refractivity contribution in [1.82, 2.24) is 10.2 Å². The van der Waals surface area contributed by atoms with Crippen LogP contribution >= 0.6 is 23.1 Å². The van der Waals surface area contributed by atoms with Crippen molar-refractivity contribution in [1.29, 1.82) is 0 Å². The van der Waals surface area contributed by atoms with Crippen molar-refractivity contribution in [3.63, 3.8) is 0 Å². The Hall–Kier alpha value is -1.54. The molecule has 2 N–H and O–H groups in total. The van der Waals surface area contributed by atoms with Gasteiger partial charge in [-0.3, -0.25) is 9.59 Å². The first-order valence-corrected chi connectivity index (χ1v) is 9.03. The first-order valence-electron chi connectivity index (χ1n) is 7.06. The van der Waals surface area contributed by atoms with E-state index in [9.17, 15) is 14.4 Å². The Bertz CT molecular complexity index is 612. The molecule has 6 nitrogen and oxygen atoms in total. The molecule has 0 spiro atoms. The van der Waals surface area contributed by atoms with Crippen LogP contribution in [0.4, 0.5) is 0 Å². The number of nitrogens with zero attached hydrogens (tertiary/aromatic N) is 1. The van der Waals surface area contributed by atoms with Gasteiger partial charge in [-0.25, -0.2) is 4.79 Å². The molecule has 22 heavy (non-hydrogen) atoms. The van der Waals surface area contributed by atoms with Crippen LogP contribution in [-0.4, -0.2) is 52.0 Å². The SMILES string of the molecule is O=C(O)c1ccc(C(=O)N2CSCC2C(=O)NCC2CC2)s1. The molecule has 0 aromatic carbocycles. The number of nitrogens with one attached hydrogen (secondary N) is 1. The number of carbonyl (C=O) groups is 3. The van der Waals surface area contributed by atoms with Gasteiger partial charge < -0.3 is 15.3 Å². The number of carbonyl (C=O) groups excluding carboxylic acids is 2. The summed E-state index contributed by atoms with van der Waals surface area (Å²) >= 11 is 2.48. The number of hydrogen-bond acceptors (Lipinski definition) is 5. The van der Waals surface area contributed by atoms with Crippen molar-refractivity contribution in [3.05, 3.63) is 21.9 Å². The van der Waals surface area contributed by atoms with Gasteiger partial charge in [-0.15, -0.1) is 23.1 Å². The first-order chi connectivity index (χ1) is 10.6. The predicted octanol–water partition coefficient (Wildman–Crippen LogP) is 1.49. The number of carboxylic acids is 1. The largest absolute Gasteiger partial charge is 0.477 e. The van der Waals surface area contributed by atoms with Crippen LogP contribution in [0.3, 0.4) is 0 Å². The summed E-state index contributed by atoms with van der Waals surface area (Å²) < 4.78 is 0. The lowest BCUT2D eigenvalue weighted by molar-refractivity contribution is -0.124. The lowest BCUT2D eigenvalue weighted by Crippen LogP contribution is -2.47. The maximum Gasteiger partial charge on any atom is 0.345 e. The monoisotopic (exact) mass is 340 g/mol. The summed E-state index contributed by atoms with van der Waals surface area (Å²) in [5.41, 5.74) is 0. The van der Waals surface area contributed by atoms with Crippen LogP contribution in [-0.2, 0) is 4.79 Å². The Labute approximate surface area is 135 Å². The second-order valence-electron chi connectivity index (χ2n) is 5.45. The van der Waals surface area contributed by atoms with Crippen molar-refractivity contribution in [3.8, 4) is 0 Å². The number of amides is 2. The second kappa shape index (κ2) is 6.29. The maximum absolute atomic E-state index is 12.5. The topological polar surface area (TPSA) is 86.7 Å². The molecule has 2 fully saturated rings. The van der Waals surface area contributed by atoms with E-state index in [1.807, 2.05) is 0 Å². The minimum absolute atomic E-state index is 0.111. The molecule has 1 unspecified atom stereocenters. The molecule has 0 bridgehead atoms. The zero-order valence-electron chi connectivity index (χ0n) is 11.8. The highest BCUT2D eigenvalue weighted by Crippen LogP contribution is 2.29. The Morgan fingerprint density at radius 1 is 1.27 bits per heavy atom. The van der Waals surface area contributed by atoms with E-state index in [0.717, 1.165) is 24.2 Å². The third kappa shape index (κ3) is 3.27. The Kier molecular flexibility index (Phi) is 4.39. The van der Waals surface area contributed by atoms with Gasteiger partial charge in [-0.05, 0) is 30.9 Å². The maximum atomic E-state index is 12.5. The van der Waals surface area contributed by atoms with E-state index in [1.165, 1.54) is 28.8 Å². The summed E-state index contributed by atoms with van der Waals surface area (Å²) in [6.07, 6.45) is 2.32. The number of thiophene rings is 1. The number of carboxylic acid groups (broad SMARTS) is 1. The molecule has 1 aromatic rings. The quantitative estimate of drug-likeness (QED) is 0.848. The zero-order valence-corrected chi connectivity index (χ0v) is 13.4. The van der Waals surface area contributed by atoms with Gasteiger partial charge >= 0.3 is 5.97 Å². The minimum atomic E-state index is -1.04. The van der Waals surface area contributed by atoms with Gasteiger partial charge in [0.25, 0.3) is 5.91 Å². The third-order valence-electron chi connectivity index (χ3n) is 3.74. The summed E-state index contributed by atoms with van der Waals surface area (Å²) in [4.78, 5) is 37.7. The highest BCUT2D eigenvalue weighted by Gasteiger charge is 2.36. The van der Waals surface area contributed by atoms with E-state index in [-0.39, 0.29) is 16.7 Å². The van der Waals surface area contributed by atoms with Crippen LogP contribution in [0, 0.1) is 5.92 Å². The summed E-state index contributed by atoms with van der Waals surface area (Å²) in [5.74, 6) is 0.213. The highest BCUT2D eigenvalue weighted by atomic mass is 32.2. The van der Waals surface area contributed by atoms with Gasteiger partial charge in [-0.2, -0.15) is 0 Å². The molecule has 2 amide bonds. The van der Waals surface area contributed by atoms with Crippen molar-refractivity contribution < 1.29 is 19.5 Å². The van der Waals surface area contributed by atoms with Gasteiger partial charge in [0.15, 0.2) is 0 Å². The van der Waals surface area contributed by atoms with Gasteiger partial charge in [0.05, 0.1) is 10.8 Å². The molecule has 2 aliphatic rings. The number of aromatic carboxylic acids is 1. The van der Waals surface area contributed by atoms with E-state index in [0.29, 0.717) is 29.0 Å². The molecular formula is C14H16N2O4S2. The molecule has 8 heteroatoms. The molecule has 3 rings (SSSR count). The summed E-state index contributed by atoms with van der Waals surface area (Å²) in [7, 11) is 0. The van der Waals surface area contributed by atoms with Gasteiger partial charge in [0.1, 0.15) is 10.9 Å². The zero-order chi connectivity index (χ0) is 15.7. The van der Waals surface area contributed by atoms with Crippen molar-refractivity contribution in [2.75, 3.05) is 18.2 Å². The molecule has 1 saturated heterocycles. The second-order valence-corrected chi connectivity index (χ2v) is 7.53. The van der Waals surface area contributed by atoms with Crippen LogP contribution in [0.5, 0.6) is 0 Å². The number of hydrogen-bond donors (Lipinski definition) is 2. The molecule has 2 heterocycles. The standard InChI is InChI=1S/C14H16N2O4S2/c17-12(15-5-8-1-2-8)9-6-21-7-16(9)13(18)10-3-4-11(22-10)14(19)20/h3-4,8-9H,1-2,5-7H2,(H,15,17)(H,19,20). The van der Waals surface area contributed by atoms with Crippen LogP contribution < -0.4 is 5.32 Å². The number of rotatable bonds is 5. The molecular weight excluding hydrogens is 324 g/mol. The molecule has 1 aliphatic carbocycles. The van der Waals surface area contributed by atoms with Gasteiger partial charge in [0, 0.05) is 12.3 Å². The van der Waals surface area contributed by atoms with E-state index < -0.39 is 12.0 Å². The fourth-order valence-electron chi connectivity index (χ4n) is 2.25. The molecule has 1 saturated carbocycles. The van der Waals surface area contributed by atoms with Crippen molar-refractivity contribution >= 4 is 40.9 Å². The van der Waals surface area contributed by atoms with Crippen molar-refractivity contribution in [2.24, 2.45) is 5.92 Å². The Morgan fingerprint density at radius 2 is 2.00 bits per heavy atom. The fourth-order valence-corrected chi connectivity index (χ4v) is 4.21. The van der Waals surface area contributed by atoms with Gasteiger partial charge in [0.2, 0.25) is 5.91 Å².